The molecule has 1 heterocycles. The molecular formula is C20H20N2O5S. The standard InChI is InChI=1S/C20H20N2O5S/c1-25-15-7-3-13(4-8-15)17-18(27-20(22-17)28-2)14-5-9-16(10-6-14)26-12-11-21-19(23)24/h3-10,21H,11-12H2,1-2H3,(H,23,24). The van der Waals surface area contributed by atoms with Crippen molar-refractivity contribution in [1.29, 1.82) is 0 Å². The van der Waals surface area contributed by atoms with Crippen LogP contribution in [-0.2, 0) is 0 Å². The lowest BCUT2D eigenvalue weighted by molar-refractivity contribution is 0.191. The van der Waals surface area contributed by atoms with Crippen molar-refractivity contribution < 1.29 is 23.8 Å². The predicted molar refractivity (Wildman–Crippen MR) is 107 cm³/mol. The Balaban J connectivity index is 1.80. The van der Waals surface area contributed by atoms with Crippen LogP contribution in [0, 0.1) is 0 Å². The van der Waals surface area contributed by atoms with E-state index in [1.165, 1.54) is 11.8 Å². The molecule has 1 amide bonds. The maximum absolute atomic E-state index is 10.4. The van der Waals surface area contributed by atoms with E-state index < -0.39 is 6.09 Å². The van der Waals surface area contributed by atoms with Gasteiger partial charge in [-0.15, -0.1) is 0 Å². The van der Waals surface area contributed by atoms with Crippen molar-refractivity contribution in [3.8, 4) is 34.1 Å². The van der Waals surface area contributed by atoms with Crippen LogP contribution in [0.1, 0.15) is 0 Å². The number of rotatable bonds is 8. The Kier molecular flexibility index (Phi) is 6.44. The molecule has 7 nitrogen and oxygen atoms in total. The van der Waals surface area contributed by atoms with Gasteiger partial charge in [-0.2, -0.15) is 0 Å². The fourth-order valence-corrected chi connectivity index (χ4v) is 2.91. The van der Waals surface area contributed by atoms with Crippen LogP contribution in [0.15, 0.2) is 58.2 Å². The first-order valence-corrected chi connectivity index (χ1v) is 9.72. The molecule has 3 aromatic rings. The minimum atomic E-state index is -1.07. The van der Waals surface area contributed by atoms with Gasteiger partial charge in [0.1, 0.15) is 23.8 Å². The fourth-order valence-electron chi connectivity index (χ4n) is 2.56. The van der Waals surface area contributed by atoms with Gasteiger partial charge in [-0.25, -0.2) is 9.78 Å². The summed E-state index contributed by atoms with van der Waals surface area (Å²) >= 11 is 1.44. The molecule has 28 heavy (non-hydrogen) atoms. The molecule has 0 unspecified atom stereocenters. The van der Waals surface area contributed by atoms with Gasteiger partial charge in [0.05, 0.1) is 13.7 Å². The van der Waals surface area contributed by atoms with E-state index in [0.29, 0.717) is 16.7 Å². The van der Waals surface area contributed by atoms with Crippen LogP contribution < -0.4 is 14.8 Å². The normalized spacial score (nSPS) is 10.5. The fraction of sp³-hybridized carbons (Fsp3) is 0.200. The molecule has 0 aliphatic heterocycles. The summed E-state index contributed by atoms with van der Waals surface area (Å²) in [6.45, 7) is 0.472. The molecule has 8 heteroatoms. The number of hydrogen-bond acceptors (Lipinski definition) is 6. The number of carbonyl (C=O) groups is 1. The largest absolute Gasteiger partial charge is 0.497 e. The second-order valence-corrected chi connectivity index (χ2v) is 6.45. The third-order valence-corrected chi connectivity index (χ3v) is 4.43. The van der Waals surface area contributed by atoms with Gasteiger partial charge in [-0.3, -0.25) is 0 Å². The number of oxazole rings is 1. The lowest BCUT2D eigenvalue weighted by atomic mass is 10.1. The van der Waals surface area contributed by atoms with E-state index in [1.807, 2.05) is 54.8 Å². The zero-order valence-electron chi connectivity index (χ0n) is 15.5. The van der Waals surface area contributed by atoms with Crippen molar-refractivity contribution in [3.05, 3.63) is 48.5 Å². The van der Waals surface area contributed by atoms with Crippen LogP contribution in [0.25, 0.3) is 22.6 Å². The molecule has 0 atom stereocenters. The number of nitrogens with zero attached hydrogens (tertiary/aromatic N) is 1. The first-order valence-electron chi connectivity index (χ1n) is 8.50. The molecule has 0 aliphatic rings. The zero-order chi connectivity index (χ0) is 19.9. The van der Waals surface area contributed by atoms with Gasteiger partial charge in [-0.05, 0) is 54.8 Å². The maximum atomic E-state index is 10.4. The number of benzene rings is 2. The van der Waals surface area contributed by atoms with Gasteiger partial charge < -0.3 is 24.3 Å². The van der Waals surface area contributed by atoms with E-state index in [9.17, 15) is 4.79 Å². The molecule has 0 fully saturated rings. The van der Waals surface area contributed by atoms with Crippen LogP contribution >= 0.6 is 11.8 Å². The average molecular weight is 400 g/mol. The van der Waals surface area contributed by atoms with Gasteiger partial charge in [0.2, 0.25) is 0 Å². The second kappa shape index (κ2) is 9.18. The highest BCUT2D eigenvalue weighted by Crippen LogP contribution is 2.36. The Labute approximate surface area is 166 Å². The Morgan fingerprint density at radius 3 is 2.36 bits per heavy atom. The molecule has 0 saturated heterocycles. The molecule has 0 bridgehead atoms. The highest BCUT2D eigenvalue weighted by atomic mass is 32.2. The number of methoxy groups -OCH3 is 1. The van der Waals surface area contributed by atoms with Gasteiger partial charge >= 0.3 is 6.09 Å². The number of amides is 1. The highest BCUT2D eigenvalue weighted by Gasteiger charge is 2.17. The first-order chi connectivity index (χ1) is 13.6. The van der Waals surface area contributed by atoms with Crippen molar-refractivity contribution in [2.45, 2.75) is 5.22 Å². The van der Waals surface area contributed by atoms with Gasteiger partial charge in [0.15, 0.2) is 5.76 Å². The number of carboxylic acid groups (broad SMARTS) is 1. The summed E-state index contributed by atoms with van der Waals surface area (Å²) in [6.07, 6.45) is 0.843. The minimum Gasteiger partial charge on any atom is -0.497 e. The molecule has 0 saturated carbocycles. The van der Waals surface area contributed by atoms with E-state index in [-0.39, 0.29) is 13.2 Å². The smallest absolute Gasteiger partial charge is 0.404 e. The summed E-state index contributed by atoms with van der Waals surface area (Å²) in [7, 11) is 1.63. The molecule has 0 radical (unpaired) electrons. The molecule has 146 valence electrons. The van der Waals surface area contributed by atoms with Crippen LogP contribution in [0.3, 0.4) is 0 Å². The predicted octanol–water partition coefficient (Wildman–Crippen LogP) is 4.39. The summed E-state index contributed by atoms with van der Waals surface area (Å²) in [6, 6.07) is 15.1. The number of nitrogens with one attached hydrogen (secondary N) is 1. The van der Waals surface area contributed by atoms with Gasteiger partial charge in [-0.1, -0.05) is 11.8 Å². The lowest BCUT2D eigenvalue weighted by Crippen LogP contribution is -2.26. The van der Waals surface area contributed by atoms with Gasteiger partial charge in [0, 0.05) is 11.1 Å². The molecule has 2 aromatic carbocycles. The lowest BCUT2D eigenvalue weighted by Gasteiger charge is -2.07. The van der Waals surface area contributed by atoms with E-state index in [2.05, 4.69) is 10.3 Å². The van der Waals surface area contributed by atoms with Gasteiger partial charge in [0.25, 0.3) is 5.22 Å². The van der Waals surface area contributed by atoms with Crippen molar-refractivity contribution in [2.24, 2.45) is 0 Å². The Morgan fingerprint density at radius 2 is 1.75 bits per heavy atom. The topological polar surface area (TPSA) is 93.8 Å². The number of hydrogen-bond donors (Lipinski definition) is 2. The van der Waals surface area contributed by atoms with E-state index in [4.69, 9.17) is 19.0 Å². The van der Waals surface area contributed by atoms with E-state index in [1.54, 1.807) is 7.11 Å². The molecule has 0 aliphatic carbocycles. The summed E-state index contributed by atoms with van der Waals surface area (Å²) in [4.78, 5) is 15.0. The van der Waals surface area contributed by atoms with Crippen molar-refractivity contribution in [1.82, 2.24) is 10.3 Å². The zero-order valence-corrected chi connectivity index (χ0v) is 16.3. The Morgan fingerprint density at radius 1 is 1.11 bits per heavy atom. The van der Waals surface area contributed by atoms with Crippen LogP contribution in [0.5, 0.6) is 11.5 Å². The Hall–Kier alpha value is -3.13. The summed E-state index contributed by atoms with van der Waals surface area (Å²) in [5.74, 6) is 2.10. The maximum Gasteiger partial charge on any atom is 0.404 e. The first kappa shape index (κ1) is 19.6. The Bertz CT molecular complexity index is 923. The second-order valence-electron chi connectivity index (χ2n) is 5.69. The van der Waals surface area contributed by atoms with Crippen molar-refractivity contribution in [3.63, 3.8) is 0 Å². The van der Waals surface area contributed by atoms with Crippen LogP contribution in [0.2, 0.25) is 0 Å². The van der Waals surface area contributed by atoms with Crippen LogP contribution in [0.4, 0.5) is 4.79 Å². The third kappa shape index (κ3) is 4.77. The molecule has 0 spiro atoms. The van der Waals surface area contributed by atoms with Crippen LogP contribution in [-0.4, -0.2) is 42.7 Å². The van der Waals surface area contributed by atoms with E-state index >= 15 is 0 Å². The number of aromatic nitrogens is 1. The molecular weight excluding hydrogens is 380 g/mol. The van der Waals surface area contributed by atoms with Crippen molar-refractivity contribution in [2.75, 3.05) is 26.5 Å². The van der Waals surface area contributed by atoms with Crippen molar-refractivity contribution >= 4 is 17.9 Å². The SMILES string of the molecule is COc1ccc(-c2nc(SC)oc2-c2ccc(OCCNC(=O)O)cc2)cc1. The quantitative estimate of drug-likeness (QED) is 0.428. The monoisotopic (exact) mass is 400 g/mol. The summed E-state index contributed by atoms with van der Waals surface area (Å²) < 4.78 is 16.7. The van der Waals surface area contributed by atoms with E-state index in [0.717, 1.165) is 22.6 Å². The minimum absolute atomic E-state index is 0.220. The highest BCUT2D eigenvalue weighted by molar-refractivity contribution is 7.98. The average Bonchev–Trinajstić information content (AvgIpc) is 3.16. The number of ether oxygens (including phenoxy) is 2. The molecule has 1 aromatic heterocycles. The molecule has 3 rings (SSSR count). The summed E-state index contributed by atoms with van der Waals surface area (Å²) in [5, 5.41) is 11.4. The third-order valence-electron chi connectivity index (χ3n) is 3.91. The number of thioether (sulfide) groups is 1. The molecule has 2 N–H and O–H groups in total. The summed E-state index contributed by atoms with van der Waals surface area (Å²) in [5.41, 5.74) is 2.56.